The highest BCUT2D eigenvalue weighted by Crippen LogP contribution is 2.41. The Morgan fingerprint density at radius 1 is 0.967 bits per heavy atom. The number of nitrogens with one attached hydrogen (secondary N) is 2. The zero-order chi connectivity index (χ0) is 20.9. The molecule has 0 amide bonds. The third kappa shape index (κ3) is 4.29. The lowest BCUT2D eigenvalue weighted by Crippen LogP contribution is -2.43. The van der Waals surface area contributed by atoms with Crippen molar-refractivity contribution in [3.63, 3.8) is 0 Å². The number of rotatable bonds is 7. The number of piperazine rings is 1. The molecule has 2 heterocycles. The van der Waals surface area contributed by atoms with E-state index in [4.69, 9.17) is 19.2 Å². The zero-order valence-electron chi connectivity index (χ0n) is 17.4. The molecule has 3 aromatic rings. The number of methoxy groups -OCH3 is 3. The molecule has 0 unspecified atom stereocenters. The molecule has 1 aliphatic rings. The summed E-state index contributed by atoms with van der Waals surface area (Å²) in [5.74, 6) is 1.76. The van der Waals surface area contributed by atoms with E-state index in [1.54, 1.807) is 32.7 Å². The number of hydrogen-bond donors (Lipinski definition) is 2. The number of thiazole rings is 1. The minimum absolute atomic E-state index is 0.565. The van der Waals surface area contributed by atoms with Crippen LogP contribution in [0.5, 0.6) is 17.2 Å². The molecule has 0 bridgehead atoms. The van der Waals surface area contributed by atoms with Crippen molar-refractivity contribution >= 4 is 27.8 Å². The first-order chi connectivity index (χ1) is 14.7. The van der Waals surface area contributed by atoms with E-state index in [0.717, 1.165) is 48.3 Å². The van der Waals surface area contributed by atoms with Gasteiger partial charge in [0.15, 0.2) is 16.6 Å². The van der Waals surface area contributed by atoms with Crippen molar-refractivity contribution in [3.05, 3.63) is 41.8 Å². The minimum Gasteiger partial charge on any atom is -0.493 e. The number of aromatic nitrogens is 1. The van der Waals surface area contributed by atoms with E-state index in [2.05, 4.69) is 45.2 Å². The quantitative estimate of drug-likeness (QED) is 0.592. The van der Waals surface area contributed by atoms with Crippen LogP contribution in [0.15, 0.2) is 41.8 Å². The van der Waals surface area contributed by atoms with Gasteiger partial charge in [0, 0.05) is 60.6 Å². The van der Waals surface area contributed by atoms with Crippen LogP contribution in [0.2, 0.25) is 0 Å². The summed E-state index contributed by atoms with van der Waals surface area (Å²) in [6.07, 6.45) is 0. The van der Waals surface area contributed by atoms with Crippen LogP contribution in [0, 0.1) is 0 Å². The number of hydrogen-bond acceptors (Lipinski definition) is 8. The Kier molecular flexibility index (Phi) is 6.25. The molecule has 0 radical (unpaired) electrons. The van der Waals surface area contributed by atoms with Gasteiger partial charge in [-0.1, -0.05) is 12.1 Å². The average molecular weight is 427 g/mol. The van der Waals surface area contributed by atoms with E-state index in [1.807, 2.05) is 12.1 Å². The van der Waals surface area contributed by atoms with Gasteiger partial charge in [0.1, 0.15) is 0 Å². The van der Waals surface area contributed by atoms with E-state index in [0.29, 0.717) is 17.2 Å². The number of ether oxygens (including phenoxy) is 3. The maximum Gasteiger partial charge on any atom is 0.203 e. The Hall–Kier alpha value is -2.97. The van der Waals surface area contributed by atoms with Crippen molar-refractivity contribution in [2.24, 2.45) is 0 Å². The molecule has 0 atom stereocenters. The first-order valence-electron chi connectivity index (χ1n) is 9.80. The molecule has 0 saturated carbocycles. The van der Waals surface area contributed by atoms with Crippen LogP contribution in [0.3, 0.4) is 0 Å². The van der Waals surface area contributed by atoms with E-state index in [1.165, 1.54) is 5.69 Å². The molecule has 2 N–H and O–H groups in total. The Balaban J connectivity index is 1.50. The summed E-state index contributed by atoms with van der Waals surface area (Å²) in [5, 5.41) is 9.57. The molecule has 2 aromatic carbocycles. The van der Waals surface area contributed by atoms with Gasteiger partial charge < -0.3 is 29.7 Å². The SMILES string of the molecule is COc1cc(Nc2nc(-c3ccc(N4CCNCC4)cc3)cs2)cc(OC)c1OC. The van der Waals surface area contributed by atoms with Crippen molar-refractivity contribution in [1.82, 2.24) is 10.3 Å². The Morgan fingerprint density at radius 3 is 2.23 bits per heavy atom. The second-order valence-electron chi connectivity index (χ2n) is 6.86. The van der Waals surface area contributed by atoms with E-state index in [-0.39, 0.29) is 0 Å². The normalized spacial score (nSPS) is 13.8. The second-order valence-corrected chi connectivity index (χ2v) is 7.72. The Bertz CT molecular complexity index is 959. The standard InChI is InChI=1S/C22H26N4O3S/c1-27-19-12-16(13-20(28-2)21(19)29-3)24-22-25-18(14-30-22)15-4-6-17(7-5-15)26-10-8-23-9-11-26/h4-7,12-14,23H,8-11H2,1-3H3,(H,24,25). The molecule has 7 nitrogen and oxygen atoms in total. The second kappa shape index (κ2) is 9.23. The van der Waals surface area contributed by atoms with Crippen LogP contribution in [-0.4, -0.2) is 52.5 Å². The van der Waals surface area contributed by atoms with Gasteiger partial charge in [0.05, 0.1) is 27.0 Å². The van der Waals surface area contributed by atoms with Gasteiger partial charge >= 0.3 is 0 Å². The average Bonchev–Trinajstić information content (AvgIpc) is 3.27. The maximum absolute atomic E-state index is 5.42. The number of nitrogens with zero attached hydrogens (tertiary/aromatic N) is 2. The van der Waals surface area contributed by atoms with Gasteiger partial charge in [0.2, 0.25) is 5.75 Å². The number of anilines is 3. The molecular weight excluding hydrogens is 400 g/mol. The van der Waals surface area contributed by atoms with Crippen LogP contribution in [0.1, 0.15) is 0 Å². The van der Waals surface area contributed by atoms with Gasteiger partial charge in [-0.25, -0.2) is 4.98 Å². The Morgan fingerprint density at radius 2 is 1.63 bits per heavy atom. The monoisotopic (exact) mass is 426 g/mol. The smallest absolute Gasteiger partial charge is 0.203 e. The summed E-state index contributed by atoms with van der Waals surface area (Å²) < 4.78 is 16.2. The van der Waals surface area contributed by atoms with Gasteiger partial charge in [-0.2, -0.15) is 0 Å². The maximum atomic E-state index is 5.42. The third-order valence-electron chi connectivity index (χ3n) is 5.07. The first-order valence-corrected chi connectivity index (χ1v) is 10.7. The molecule has 1 saturated heterocycles. The van der Waals surface area contributed by atoms with Crippen LogP contribution in [0.25, 0.3) is 11.3 Å². The molecule has 158 valence electrons. The van der Waals surface area contributed by atoms with Gasteiger partial charge in [0.25, 0.3) is 0 Å². The highest BCUT2D eigenvalue weighted by atomic mass is 32.1. The fourth-order valence-electron chi connectivity index (χ4n) is 3.51. The number of benzene rings is 2. The summed E-state index contributed by atoms with van der Waals surface area (Å²) in [5.41, 5.74) is 4.12. The van der Waals surface area contributed by atoms with Gasteiger partial charge in [-0.05, 0) is 12.1 Å². The van der Waals surface area contributed by atoms with E-state index < -0.39 is 0 Å². The van der Waals surface area contributed by atoms with Gasteiger partial charge in [-0.15, -0.1) is 11.3 Å². The Labute approximate surface area is 180 Å². The summed E-state index contributed by atoms with van der Waals surface area (Å²) in [6, 6.07) is 12.3. The summed E-state index contributed by atoms with van der Waals surface area (Å²) >= 11 is 1.55. The molecule has 0 spiro atoms. The highest BCUT2D eigenvalue weighted by molar-refractivity contribution is 7.14. The lowest BCUT2D eigenvalue weighted by molar-refractivity contribution is 0.324. The lowest BCUT2D eigenvalue weighted by Gasteiger charge is -2.29. The largest absolute Gasteiger partial charge is 0.493 e. The van der Waals surface area contributed by atoms with Crippen molar-refractivity contribution in [3.8, 4) is 28.5 Å². The van der Waals surface area contributed by atoms with Crippen molar-refractivity contribution in [2.75, 3.05) is 57.7 Å². The van der Waals surface area contributed by atoms with E-state index in [9.17, 15) is 0 Å². The van der Waals surface area contributed by atoms with Gasteiger partial charge in [-0.3, -0.25) is 0 Å². The predicted octanol–water partition coefficient (Wildman–Crippen LogP) is 3.99. The molecule has 1 aliphatic heterocycles. The van der Waals surface area contributed by atoms with E-state index >= 15 is 0 Å². The molecule has 1 aromatic heterocycles. The minimum atomic E-state index is 0.565. The third-order valence-corrected chi connectivity index (χ3v) is 5.82. The highest BCUT2D eigenvalue weighted by Gasteiger charge is 2.15. The summed E-state index contributed by atoms with van der Waals surface area (Å²) in [6.45, 7) is 4.14. The fourth-order valence-corrected chi connectivity index (χ4v) is 4.25. The molecule has 8 heteroatoms. The van der Waals surface area contributed by atoms with Crippen LogP contribution >= 0.6 is 11.3 Å². The van der Waals surface area contributed by atoms with Crippen LogP contribution < -0.4 is 29.7 Å². The molecule has 30 heavy (non-hydrogen) atoms. The van der Waals surface area contributed by atoms with Crippen molar-refractivity contribution in [2.45, 2.75) is 0 Å². The first kappa shape index (κ1) is 20.3. The predicted molar refractivity (Wildman–Crippen MR) is 122 cm³/mol. The molecule has 4 rings (SSSR count). The lowest BCUT2D eigenvalue weighted by atomic mass is 10.1. The molecule has 0 aliphatic carbocycles. The topological polar surface area (TPSA) is 67.9 Å². The summed E-state index contributed by atoms with van der Waals surface area (Å²) in [7, 11) is 4.80. The van der Waals surface area contributed by atoms with Crippen molar-refractivity contribution < 1.29 is 14.2 Å². The zero-order valence-corrected chi connectivity index (χ0v) is 18.2. The van der Waals surface area contributed by atoms with Crippen LogP contribution in [-0.2, 0) is 0 Å². The van der Waals surface area contributed by atoms with Crippen molar-refractivity contribution in [1.29, 1.82) is 0 Å². The summed E-state index contributed by atoms with van der Waals surface area (Å²) in [4.78, 5) is 7.14. The molecule has 1 fully saturated rings. The van der Waals surface area contributed by atoms with Crippen LogP contribution in [0.4, 0.5) is 16.5 Å². The molecular formula is C22H26N4O3S. The fraction of sp³-hybridized carbons (Fsp3) is 0.318.